The van der Waals surface area contributed by atoms with Crippen LogP contribution in [-0.2, 0) is 13.6 Å². The first-order valence-electron chi connectivity index (χ1n) is 5.04. The van der Waals surface area contributed by atoms with Crippen molar-refractivity contribution in [1.29, 1.82) is 0 Å². The van der Waals surface area contributed by atoms with Crippen LogP contribution in [0.3, 0.4) is 0 Å². The van der Waals surface area contributed by atoms with E-state index in [0.717, 1.165) is 0 Å². The van der Waals surface area contributed by atoms with E-state index in [1.165, 1.54) is 0 Å². The zero-order valence-corrected chi connectivity index (χ0v) is 10.8. The molecule has 0 spiro atoms. The molecule has 0 aliphatic carbocycles. The van der Waals surface area contributed by atoms with Gasteiger partial charge in [0.25, 0.3) is 0 Å². The second-order valence-corrected chi connectivity index (χ2v) is 6.36. The third-order valence-electron chi connectivity index (χ3n) is 1.47. The largest absolute Gasteiger partial charge is 0.493 e. The molecule has 0 amide bonds. The van der Waals surface area contributed by atoms with Crippen molar-refractivity contribution in [3.05, 3.63) is 0 Å². The highest BCUT2D eigenvalue weighted by Gasteiger charge is 2.55. The monoisotopic (exact) mass is 262 g/mol. The summed E-state index contributed by atoms with van der Waals surface area (Å²) >= 11 is 0. The average molecular weight is 262 g/mol. The second-order valence-electron chi connectivity index (χ2n) is 4.34. The second kappa shape index (κ2) is 6.03. The van der Waals surface area contributed by atoms with Gasteiger partial charge in [-0.15, -0.1) is 0 Å². The van der Waals surface area contributed by atoms with Crippen LogP contribution in [0, 0.1) is 11.8 Å². The first-order chi connectivity index (χ1) is 7.08. The third-order valence-corrected chi connectivity index (χ3v) is 3.07. The SMILES string of the molecule is CC(C)COP(=O)(OCC(C)C)C(F)(F)F. The standard InChI is InChI=1S/C9H18F3O3P/c1-7(2)5-14-16(13,9(10,11)12)15-6-8(3)4/h7-8H,5-6H2,1-4H3. The summed E-state index contributed by atoms with van der Waals surface area (Å²) in [6, 6.07) is 0. The van der Waals surface area contributed by atoms with Crippen LogP contribution in [0.2, 0.25) is 0 Å². The quantitative estimate of drug-likeness (QED) is 0.677. The molecule has 0 saturated carbocycles. The topological polar surface area (TPSA) is 35.5 Å². The van der Waals surface area contributed by atoms with E-state index in [9.17, 15) is 17.7 Å². The van der Waals surface area contributed by atoms with Crippen molar-refractivity contribution in [2.24, 2.45) is 11.8 Å². The minimum absolute atomic E-state index is 0.140. The van der Waals surface area contributed by atoms with Crippen LogP contribution in [0.4, 0.5) is 13.2 Å². The highest BCUT2D eigenvalue weighted by atomic mass is 31.2. The van der Waals surface area contributed by atoms with Gasteiger partial charge in [-0.2, -0.15) is 13.2 Å². The molecule has 16 heavy (non-hydrogen) atoms. The molecule has 3 nitrogen and oxygen atoms in total. The van der Waals surface area contributed by atoms with Crippen molar-refractivity contribution >= 4 is 7.60 Å². The van der Waals surface area contributed by atoms with Gasteiger partial charge in [-0.1, -0.05) is 27.7 Å². The van der Waals surface area contributed by atoms with Crippen molar-refractivity contribution < 1.29 is 26.8 Å². The van der Waals surface area contributed by atoms with E-state index in [2.05, 4.69) is 9.05 Å². The summed E-state index contributed by atoms with van der Waals surface area (Å²) in [5.74, 6) is -5.24. The Morgan fingerprint density at radius 2 is 1.31 bits per heavy atom. The predicted octanol–water partition coefficient (Wildman–Crippen LogP) is 4.04. The molecule has 0 unspecified atom stereocenters. The highest BCUT2D eigenvalue weighted by molar-refractivity contribution is 7.54. The van der Waals surface area contributed by atoms with Gasteiger partial charge in [0.15, 0.2) is 0 Å². The highest BCUT2D eigenvalue weighted by Crippen LogP contribution is 2.62. The number of alkyl halides is 3. The van der Waals surface area contributed by atoms with Gasteiger partial charge in [0.1, 0.15) is 0 Å². The molecule has 0 aromatic heterocycles. The lowest BCUT2D eigenvalue weighted by atomic mass is 10.2. The molecule has 0 fully saturated rings. The molecule has 0 aromatic rings. The van der Waals surface area contributed by atoms with Gasteiger partial charge in [-0.25, -0.2) is 4.57 Å². The van der Waals surface area contributed by atoms with Gasteiger partial charge >= 0.3 is 13.5 Å². The van der Waals surface area contributed by atoms with Crippen LogP contribution in [0.25, 0.3) is 0 Å². The summed E-state index contributed by atoms with van der Waals surface area (Å²) < 4.78 is 57.8. The third kappa shape index (κ3) is 5.32. The summed E-state index contributed by atoms with van der Waals surface area (Å²) in [6.07, 6.45) is 0. The lowest BCUT2D eigenvalue weighted by molar-refractivity contribution is -0.0772. The maximum Gasteiger partial charge on any atom is 0.493 e. The normalized spacial score (nSPS) is 13.8. The van der Waals surface area contributed by atoms with Gasteiger partial charge in [0, 0.05) is 0 Å². The minimum Gasteiger partial charge on any atom is -0.302 e. The van der Waals surface area contributed by atoms with E-state index < -0.39 is 13.5 Å². The van der Waals surface area contributed by atoms with Crippen LogP contribution in [0.15, 0.2) is 0 Å². The van der Waals surface area contributed by atoms with E-state index >= 15 is 0 Å². The smallest absolute Gasteiger partial charge is 0.302 e. The van der Waals surface area contributed by atoms with Crippen LogP contribution in [0.1, 0.15) is 27.7 Å². The molecular weight excluding hydrogens is 244 g/mol. The fourth-order valence-electron chi connectivity index (χ4n) is 0.678. The number of hydrogen-bond acceptors (Lipinski definition) is 3. The molecule has 0 radical (unpaired) electrons. The lowest BCUT2D eigenvalue weighted by Crippen LogP contribution is -2.17. The molecule has 7 heteroatoms. The lowest BCUT2D eigenvalue weighted by Gasteiger charge is -2.22. The van der Waals surface area contributed by atoms with Gasteiger partial charge < -0.3 is 9.05 Å². The minimum atomic E-state index is -5.01. The molecule has 0 bridgehead atoms. The van der Waals surface area contributed by atoms with Gasteiger partial charge in [-0.05, 0) is 11.8 Å². The molecule has 0 aliphatic heterocycles. The Hall–Kier alpha value is -0.0600. The van der Waals surface area contributed by atoms with Gasteiger partial charge in [0.05, 0.1) is 13.2 Å². The number of hydrogen-bond donors (Lipinski definition) is 0. The van der Waals surface area contributed by atoms with Crippen molar-refractivity contribution in [2.45, 2.75) is 33.6 Å². The molecule has 0 saturated heterocycles. The summed E-state index contributed by atoms with van der Waals surface area (Å²) in [7, 11) is -5.01. The van der Waals surface area contributed by atoms with Crippen molar-refractivity contribution in [3.63, 3.8) is 0 Å². The number of rotatable bonds is 6. The summed E-state index contributed by atoms with van der Waals surface area (Å²) in [6.45, 7) is 6.20. The first-order valence-corrected chi connectivity index (χ1v) is 6.58. The van der Waals surface area contributed by atoms with Crippen LogP contribution in [-0.4, -0.2) is 19.1 Å². The van der Waals surface area contributed by atoms with E-state index in [1.807, 2.05) is 0 Å². The van der Waals surface area contributed by atoms with E-state index in [0.29, 0.717) is 0 Å². The maximum atomic E-state index is 12.5. The fourth-order valence-corrected chi connectivity index (χ4v) is 2.03. The van der Waals surface area contributed by atoms with E-state index in [-0.39, 0.29) is 25.0 Å². The molecular formula is C9H18F3O3P. The van der Waals surface area contributed by atoms with Crippen LogP contribution in [0.5, 0.6) is 0 Å². The predicted molar refractivity (Wildman–Crippen MR) is 55.2 cm³/mol. The molecule has 0 heterocycles. The van der Waals surface area contributed by atoms with Gasteiger partial charge in [-0.3, -0.25) is 0 Å². The molecule has 0 aliphatic rings. The molecule has 0 rings (SSSR count). The Balaban J connectivity index is 4.57. The summed E-state index contributed by atoms with van der Waals surface area (Å²) in [4.78, 5) is 0. The first kappa shape index (κ1) is 15.9. The Kier molecular flexibility index (Phi) is 6.01. The molecule has 98 valence electrons. The Labute approximate surface area is 93.8 Å². The van der Waals surface area contributed by atoms with E-state index in [1.54, 1.807) is 27.7 Å². The van der Waals surface area contributed by atoms with Crippen LogP contribution < -0.4 is 0 Å². The molecule has 0 aromatic carbocycles. The number of halogens is 3. The maximum absolute atomic E-state index is 12.5. The van der Waals surface area contributed by atoms with Crippen LogP contribution >= 0.6 is 7.60 Å². The van der Waals surface area contributed by atoms with E-state index in [4.69, 9.17) is 0 Å². The molecule has 0 N–H and O–H groups in total. The summed E-state index contributed by atoms with van der Waals surface area (Å²) in [5, 5.41) is 0. The zero-order valence-electron chi connectivity index (χ0n) is 9.87. The van der Waals surface area contributed by atoms with Crippen molar-refractivity contribution in [3.8, 4) is 0 Å². The Bertz CT molecular complexity index is 235. The fraction of sp³-hybridized carbons (Fsp3) is 1.00. The van der Waals surface area contributed by atoms with Crippen molar-refractivity contribution in [2.75, 3.05) is 13.2 Å². The molecule has 0 atom stereocenters. The Morgan fingerprint density at radius 1 is 1.00 bits per heavy atom. The van der Waals surface area contributed by atoms with Gasteiger partial charge in [0.2, 0.25) is 0 Å². The average Bonchev–Trinajstić information content (AvgIpc) is 2.09. The van der Waals surface area contributed by atoms with Crippen molar-refractivity contribution in [1.82, 2.24) is 0 Å². The zero-order chi connectivity index (χ0) is 13.0. The summed E-state index contributed by atoms with van der Waals surface area (Å²) in [5.41, 5.74) is 0. The Morgan fingerprint density at radius 3 is 1.50 bits per heavy atom.